The number of methoxy groups -OCH3 is 3. The van der Waals surface area contributed by atoms with Crippen molar-refractivity contribution in [1.82, 2.24) is 5.32 Å². The standard InChI is InChI=1S/C21H22N2O5S/c1-21-16(19(24)27-4)17(14-9-6-10-15(26-3)18(14)28-21)22-20(29)23(21)12-7-5-8-13(11-12)25-2/h5-11,16-17H,1-4H3,(H,22,29)/t16-,17+,21+/m1/s1. The quantitative estimate of drug-likeness (QED) is 0.605. The van der Waals surface area contributed by atoms with Gasteiger partial charge in [-0.2, -0.15) is 0 Å². The largest absolute Gasteiger partial charge is 0.497 e. The van der Waals surface area contributed by atoms with Gasteiger partial charge in [-0.05, 0) is 37.3 Å². The van der Waals surface area contributed by atoms with Crippen LogP contribution in [0.1, 0.15) is 18.5 Å². The summed E-state index contributed by atoms with van der Waals surface area (Å²) in [4.78, 5) is 14.7. The minimum Gasteiger partial charge on any atom is -0.497 e. The molecule has 7 nitrogen and oxygen atoms in total. The second-order valence-electron chi connectivity index (χ2n) is 7.00. The number of nitrogens with zero attached hydrogens (tertiary/aromatic N) is 1. The normalized spacial score (nSPS) is 24.7. The number of para-hydroxylation sites is 1. The lowest BCUT2D eigenvalue weighted by Gasteiger charge is -2.55. The lowest BCUT2D eigenvalue weighted by Crippen LogP contribution is -2.71. The zero-order valence-electron chi connectivity index (χ0n) is 16.6. The lowest BCUT2D eigenvalue weighted by atomic mass is 9.79. The summed E-state index contributed by atoms with van der Waals surface area (Å²) in [5, 5.41) is 3.76. The van der Waals surface area contributed by atoms with Crippen molar-refractivity contribution in [3.63, 3.8) is 0 Å². The van der Waals surface area contributed by atoms with E-state index in [1.165, 1.54) is 7.11 Å². The molecule has 3 atom stereocenters. The molecule has 1 fully saturated rings. The van der Waals surface area contributed by atoms with Gasteiger partial charge in [0.25, 0.3) is 0 Å². The second kappa shape index (κ2) is 7.11. The van der Waals surface area contributed by atoms with Crippen LogP contribution < -0.4 is 24.4 Å². The number of esters is 1. The van der Waals surface area contributed by atoms with Crippen molar-refractivity contribution >= 4 is 29.0 Å². The molecule has 29 heavy (non-hydrogen) atoms. The summed E-state index contributed by atoms with van der Waals surface area (Å²) in [7, 11) is 4.55. The molecule has 2 aliphatic rings. The predicted octanol–water partition coefficient (Wildman–Crippen LogP) is 3.04. The van der Waals surface area contributed by atoms with Gasteiger partial charge in [0.1, 0.15) is 11.7 Å². The zero-order valence-corrected chi connectivity index (χ0v) is 17.4. The highest BCUT2D eigenvalue weighted by atomic mass is 32.1. The molecule has 8 heteroatoms. The molecular formula is C21H22N2O5S. The third kappa shape index (κ3) is 2.86. The first kappa shape index (κ1) is 19.3. The summed E-state index contributed by atoms with van der Waals surface area (Å²) in [6, 6.07) is 12.6. The maximum atomic E-state index is 12.9. The van der Waals surface area contributed by atoms with Gasteiger partial charge in [0.15, 0.2) is 16.6 Å². The van der Waals surface area contributed by atoms with E-state index in [0.29, 0.717) is 22.4 Å². The Hall–Kier alpha value is -3.00. The highest BCUT2D eigenvalue weighted by Crippen LogP contribution is 2.52. The van der Waals surface area contributed by atoms with E-state index in [-0.39, 0.29) is 0 Å². The highest BCUT2D eigenvalue weighted by Gasteiger charge is 2.60. The predicted molar refractivity (Wildman–Crippen MR) is 111 cm³/mol. The van der Waals surface area contributed by atoms with E-state index in [2.05, 4.69) is 5.32 Å². The van der Waals surface area contributed by atoms with Gasteiger partial charge in [0, 0.05) is 11.6 Å². The summed E-state index contributed by atoms with van der Waals surface area (Å²) in [5.74, 6) is 0.756. The first-order valence-electron chi connectivity index (χ1n) is 9.13. The number of ether oxygens (including phenoxy) is 4. The van der Waals surface area contributed by atoms with Crippen LogP contribution in [-0.4, -0.2) is 38.1 Å². The van der Waals surface area contributed by atoms with Gasteiger partial charge in [-0.1, -0.05) is 18.2 Å². The van der Waals surface area contributed by atoms with Crippen LogP contribution in [0.3, 0.4) is 0 Å². The van der Waals surface area contributed by atoms with E-state index in [0.717, 1.165) is 11.3 Å². The minimum absolute atomic E-state index is 0.395. The Kier molecular flexibility index (Phi) is 4.74. The Labute approximate surface area is 174 Å². The van der Waals surface area contributed by atoms with Crippen molar-refractivity contribution in [3.05, 3.63) is 48.0 Å². The zero-order chi connectivity index (χ0) is 20.8. The van der Waals surface area contributed by atoms with Crippen molar-refractivity contribution in [3.8, 4) is 17.2 Å². The number of fused-ring (bicyclic) bond motifs is 4. The molecule has 0 unspecified atom stereocenters. The van der Waals surface area contributed by atoms with E-state index in [1.54, 1.807) is 19.1 Å². The molecule has 152 valence electrons. The van der Waals surface area contributed by atoms with Crippen LogP contribution in [0, 0.1) is 5.92 Å². The maximum absolute atomic E-state index is 12.9. The Balaban J connectivity index is 1.93. The van der Waals surface area contributed by atoms with Gasteiger partial charge in [-0.3, -0.25) is 9.69 Å². The van der Waals surface area contributed by atoms with Crippen LogP contribution in [0.15, 0.2) is 42.5 Å². The van der Waals surface area contributed by atoms with Gasteiger partial charge < -0.3 is 24.3 Å². The molecule has 1 N–H and O–H groups in total. The number of nitrogens with one attached hydrogen (secondary N) is 1. The molecule has 2 aromatic rings. The maximum Gasteiger partial charge on any atom is 0.317 e. The fourth-order valence-corrected chi connectivity index (χ4v) is 4.57. The number of carbonyl (C=O) groups is 1. The molecule has 4 rings (SSSR count). The lowest BCUT2D eigenvalue weighted by molar-refractivity contribution is -0.157. The number of carbonyl (C=O) groups excluding carboxylic acids is 1. The van der Waals surface area contributed by atoms with Gasteiger partial charge >= 0.3 is 5.97 Å². The van der Waals surface area contributed by atoms with Crippen LogP contribution in [0.25, 0.3) is 0 Å². The Morgan fingerprint density at radius 3 is 2.62 bits per heavy atom. The topological polar surface area (TPSA) is 69.3 Å². The molecule has 2 aromatic carbocycles. The molecule has 2 aliphatic heterocycles. The summed E-state index contributed by atoms with van der Waals surface area (Å²) < 4.78 is 22.5. The number of thiocarbonyl (C=S) groups is 1. The average Bonchev–Trinajstić information content (AvgIpc) is 2.72. The molecule has 0 saturated carbocycles. The van der Waals surface area contributed by atoms with Crippen LogP contribution in [-0.2, 0) is 9.53 Å². The summed E-state index contributed by atoms with van der Waals surface area (Å²) >= 11 is 5.69. The van der Waals surface area contributed by atoms with E-state index in [1.807, 2.05) is 49.4 Å². The van der Waals surface area contributed by atoms with Gasteiger partial charge in [0.05, 0.1) is 33.1 Å². The van der Waals surface area contributed by atoms with Crippen molar-refractivity contribution < 1.29 is 23.7 Å². The molecule has 0 spiro atoms. The Morgan fingerprint density at radius 2 is 1.93 bits per heavy atom. The van der Waals surface area contributed by atoms with Crippen LogP contribution in [0.4, 0.5) is 5.69 Å². The third-order valence-electron chi connectivity index (χ3n) is 5.48. The van der Waals surface area contributed by atoms with E-state index < -0.39 is 23.7 Å². The molecule has 2 heterocycles. The molecule has 2 bridgehead atoms. The minimum atomic E-state index is -1.14. The highest BCUT2D eigenvalue weighted by molar-refractivity contribution is 7.80. The molecular weight excluding hydrogens is 392 g/mol. The fraction of sp³-hybridized carbons (Fsp3) is 0.333. The fourth-order valence-electron chi connectivity index (χ4n) is 4.16. The van der Waals surface area contributed by atoms with Gasteiger partial charge in [0.2, 0.25) is 5.72 Å². The number of rotatable bonds is 4. The SMILES string of the molecule is COC(=O)[C@H]1[C@H]2NC(=S)N(c3cccc(OC)c3)[C@@]1(C)Oc1c(OC)cccc12. The van der Waals surface area contributed by atoms with Crippen molar-refractivity contribution in [1.29, 1.82) is 0 Å². The Morgan fingerprint density at radius 1 is 1.17 bits per heavy atom. The average molecular weight is 414 g/mol. The first-order chi connectivity index (χ1) is 13.9. The number of hydrogen-bond acceptors (Lipinski definition) is 6. The first-order valence-corrected chi connectivity index (χ1v) is 9.54. The molecule has 0 aliphatic carbocycles. The van der Waals surface area contributed by atoms with E-state index in [9.17, 15) is 4.79 Å². The molecule has 0 radical (unpaired) electrons. The number of hydrogen-bond donors (Lipinski definition) is 1. The number of anilines is 1. The summed E-state index contributed by atoms with van der Waals surface area (Å²) in [6.07, 6.45) is 0. The van der Waals surface area contributed by atoms with Crippen LogP contribution in [0.5, 0.6) is 17.2 Å². The molecule has 1 saturated heterocycles. The summed E-state index contributed by atoms with van der Waals surface area (Å²) in [6.45, 7) is 1.84. The monoisotopic (exact) mass is 414 g/mol. The van der Waals surface area contributed by atoms with Crippen LogP contribution >= 0.6 is 12.2 Å². The van der Waals surface area contributed by atoms with Crippen molar-refractivity contribution in [2.45, 2.75) is 18.7 Å². The van der Waals surface area contributed by atoms with E-state index in [4.69, 9.17) is 31.2 Å². The van der Waals surface area contributed by atoms with Gasteiger partial charge in [-0.25, -0.2) is 0 Å². The summed E-state index contributed by atoms with van der Waals surface area (Å²) in [5.41, 5.74) is 0.383. The third-order valence-corrected chi connectivity index (χ3v) is 5.78. The van der Waals surface area contributed by atoms with Crippen LogP contribution in [0.2, 0.25) is 0 Å². The van der Waals surface area contributed by atoms with E-state index >= 15 is 0 Å². The van der Waals surface area contributed by atoms with Crippen molar-refractivity contribution in [2.24, 2.45) is 5.92 Å². The smallest absolute Gasteiger partial charge is 0.317 e. The molecule has 0 aromatic heterocycles. The molecule has 0 amide bonds. The Bertz CT molecular complexity index is 981. The van der Waals surface area contributed by atoms with Crippen molar-refractivity contribution in [2.75, 3.05) is 26.2 Å². The van der Waals surface area contributed by atoms with Gasteiger partial charge in [-0.15, -0.1) is 0 Å². The second-order valence-corrected chi connectivity index (χ2v) is 7.39. The number of benzene rings is 2.